The molecule has 1 unspecified atom stereocenters. The van der Waals surface area contributed by atoms with E-state index in [1.165, 1.54) is 13.2 Å². The van der Waals surface area contributed by atoms with Gasteiger partial charge in [0.25, 0.3) is 0 Å². The van der Waals surface area contributed by atoms with Gasteiger partial charge in [0.15, 0.2) is 0 Å². The van der Waals surface area contributed by atoms with Crippen molar-refractivity contribution in [3.8, 4) is 0 Å². The Balaban J connectivity index is 0.00000264. The molecule has 0 saturated carbocycles. The summed E-state index contributed by atoms with van der Waals surface area (Å²) in [7, 11) is 1.31. The molecule has 23 heavy (non-hydrogen) atoms. The number of amides is 3. The van der Waals surface area contributed by atoms with E-state index >= 15 is 0 Å². The molecule has 0 spiro atoms. The normalized spacial score (nSPS) is 21.4. The third kappa shape index (κ3) is 4.76. The van der Waals surface area contributed by atoms with Gasteiger partial charge in [0.05, 0.1) is 13.2 Å². The van der Waals surface area contributed by atoms with E-state index in [-0.39, 0.29) is 57.4 Å². The van der Waals surface area contributed by atoms with Crippen LogP contribution in [0.3, 0.4) is 0 Å². The Morgan fingerprint density at radius 3 is 2.83 bits per heavy atom. The van der Waals surface area contributed by atoms with Crippen molar-refractivity contribution in [1.82, 2.24) is 10.6 Å². The van der Waals surface area contributed by atoms with Crippen molar-refractivity contribution in [2.45, 2.75) is 25.3 Å². The minimum absolute atomic E-state index is 0. The van der Waals surface area contributed by atoms with Crippen molar-refractivity contribution in [2.75, 3.05) is 7.11 Å². The van der Waals surface area contributed by atoms with E-state index in [9.17, 15) is 18.8 Å². The number of nitrogens with one attached hydrogen (secondary N) is 2. The summed E-state index contributed by atoms with van der Waals surface area (Å²) in [5.74, 6) is -2.39. The number of hydrogen-bond donors (Lipinski definition) is 3. The first-order valence-corrected chi connectivity index (χ1v) is 6.58. The van der Waals surface area contributed by atoms with Crippen LogP contribution in [0.15, 0.2) is 28.9 Å². The molecule has 3 amide bonds. The number of carbonyl (C=O) groups excluding carboxylic acids is 3. The number of carbonyl (C=O) groups is 3. The van der Waals surface area contributed by atoms with Crippen LogP contribution in [0.5, 0.6) is 0 Å². The molecule has 9 heteroatoms. The molecule has 1 atom stereocenters. The molecular formula is C14H15FN3O4W-. The van der Waals surface area contributed by atoms with Crippen LogP contribution in [0.4, 0.5) is 4.39 Å². The average molecular weight is 492 g/mol. The molecule has 0 radical (unpaired) electrons. The SMILES string of the molecule is COC1=C(C(=O)NC2CCC(=O)NC2=O)[C-]=C(F)CC(N)=C1.[W]. The zero-order valence-electron chi connectivity index (χ0n) is 12.3. The van der Waals surface area contributed by atoms with E-state index in [0.29, 0.717) is 0 Å². The Labute approximate surface area is 146 Å². The van der Waals surface area contributed by atoms with E-state index in [0.717, 1.165) is 0 Å². The van der Waals surface area contributed by atoms with Gasteiger partial charge < -0.3 is 20.6 Å². The van der Waals surface area contributed by atoms with Gasteiger partial charge in [0.1, 0.15) is 5.91 Å². The van der Waals surface area contributed by atoms with E-state index in [1.807, 2.05) is 0 Å². The summed E-state index contributed by atoms with van der Waals surface area (Å²) in [6, 6.07) is -0.870. The number of piperidine rings is 1. The van der Waals surface area contributed by atoms with Crippen LogP contribution < -0.4 is 16.4 Å². The van der Waals surface area contributed by atoms with Crippen LogP contribution in [0.2, 0.25) is 0 Å². The van der Waals surface area contributed by atoms with Gasteiger partial charge in [0, 0.05) is 51.2 Å². The maximum atomic E-state index is 13.6. The molecule has 1 saturated heterocycles. The number of rotatable bonds is 3. The first-order valence-electron chi connectivity index (χ1n) is 6.58. The minimum Gasteiger partial charge on any atom is -0.553 e. The van der Waals surface area contributed by atoms with Gasteiger partial charge in [0.2, 0.25) is 11.8 Å². The summed E-state index contributed by atoms with van der Waals surface area (Å²) in [6.07, 6.45) is 3.73. The molecule has 0 aromatic rings. The molecule has 0 bridgehead atoms. The van der Waals surface area contributed by atoms with Gasteiger partial charge in [-0.05, 0) is 6.42 Å². The second-order valence-electron chi connectivity index (χ2n) is 4.85. The number of hydrogen-bond acceptors (Lipinski definition) is 5. The quantitative estimate of drug-likeness (QED) is 0.371. The maximum absolute atomic E-state index is 13.6. The standard InChI is InChI=1S/C14H15FN3O4.W/c1-22-11-6-8(16)4-7(15)5-9(11)13(20)17-10-2-3-12(19)18-14(10)21;/h6,10H,2-4,16H2,1H3,(H,17,20)(H,18,19,21);/q-1;. The van der Waals surface area contributed by atoms with Crippen LogP contribution >= 0.6 is 0 Å². The third-order valence-electron chi connectivity index (χ3n) is 3.17. The number of allylic oxidation sites excluding steroid dienone is 2. The fourth-order valence-electron chi connectivity index (χ4n) is 2.10. The second-order valence-corrected chi connectivity index (χ2v) is 4.85. The zero-order valence-corrected chi connectivity index (χ0v) is 15.2. The van der Waals surface area contributed by atoms with Gasteiger partial charge in [-0.1, -0.05) is 11.6 Å². The van der Waals surface area contributed by atoms with Crippen LogP contribution in [0.1, 0.15) is 19.3 Å². The Bertz CT molecular complexity index is 628. The first-order chi connectivity index (χ1) is 10.4. The molecule has 0 aromatic carbocycles. The van der Waals surface area contributed by atoms with Crippen molar-refractivity contribution < 1.29 is 44.6 Å². The fourth-order valence-corrected chi connectivity index (χ4v) is 2.10. The molecule has 7 nitrogen and oxygen atoms in total. The van der Waals surface area contributed by atoms with E-state index in [4.69, 9.17) is 10.5 Å². The molecule has 1 aliphatic carbocycles. The maximum Gasteiger partial charge on any atom is 0.248 e. The molecule has 124 valence electrons. The molecule has 2 aliphatic rings. The molecule has 1 fully saturated rings. The molecule has 2 rings (SSSR count). The van der Waals surface area contributed by atoms with Crippen LogP contribution in [-0.4, -0.2) is 30.9 Å². The van der Waals surface area contributed by atoms with Crippen LogP contribution in [0.25, 0.3) is 0 Å². The van der Waals surface area contributed by atoms with Gasteiger partial charge in [-0.15, -0.1) is 6.08 Å². The Hall–Kier alpha value is -1.95. The fraction of sp³-hybridized carbons (Fsp3) is 0.357. The van der Waals surface area contributed by atoms with Crippen molar-refractivity contribution in [1.29, 1.82) is 0 Å². The van der Waals surface area contributed by atoms with E-state index in [2.05, 4.69) is 16.7 Å². The molecular weight excluding hydrogens is 477 g/mol. The van der Waals surface area contributed by atoms with Crippen molar-refractivity contribution in [3.63, 3.8) is 0 Å². The number of ether oxygens (including phenoxy) is 1. The monoisotopic (exact) mass is 492 g/mol. The van der Waals surface area contributed by atoms with Gasteiger partial charge >= 0.3 is 0 Å². The molecule has 0 aromatic heterocycles. The molecule has 4 N–H and O–H groups in total. The molecule has 1 heterocycles. The predicted octanol–water partition coefficient (Wildman–Crippen LogP) is -0.291. The summed E-state index contributed by atoms with van der Waals surface area (Å²) in [4.78, 5) is 34.9. The summed E-state index contributed by atoms with van der Waals surface area (Å²) >= 11 is 0. The average Bonchev–Trinajstić information content (AvgIpc) is 2.59. The predicted molar refractivity (Wildman–Crippen MR) is 73.1 cm³/mol. The van der Waals surface area contributed by atoms with Crippen molar-refractivity contribution in [2.24, 2.45) is 5.73 Å². The topological polar surface area (TPSA) is 111 Å². The number of nitrogens with two attached hydrogens (primary N) is 1. The Morgan fingerprint density at radius 1 is 1.52 bits per heavy atom. The minimum atomic E-state index is -0.870. The largest absolute Gasteiger partial charge is 0.553 e. The summed E-state index contributed by atoms with van der Waals surface area (Å²) < 4.78 is 18.6. The summed E-state index contributed by atoms with van der Waals surface area (Å²) in [6.45, 7) is 0. The Morgan fingerprint density at radius 2 is 2.22 bits per heavy atom. The summed E-state index contributed by atoms with van der Waals surface area (Å²) in [5, 5.41) is 4.55. The van der Waals surface area contributed by atoms with Gasteiger partial charge in [-0.2, -0.15) is 0 Å². The third-order valence-corrected chi connectivity index (χ3v) is 3.17. The van der Waals surface area contributed by atoms with E-state index < -0.39 is 29.6 Å². The van der Waals surface area contributed by atoms with Crippen molar-refractivity contribution >= 4 is 17.7 Å². The second kappa shape index (κ2) is 8.06. The van der Waals surface area contributed by atoms with Crippen LogP contribution in [-0.2, 0) is 40.2 Å². The molecule has 1 aliphatic heterocycles. The van der Waals surface area contributed by atoms with Crippen molar-refractivity contribution in [3.05, 3.63) is 35.0 Å². The first kappa shape index (κ1) is 19.1. The Kier molecular flexibility index (Phi) is 6.69. The smallest absolute Gasteiger partial charge is 0.248 e. The van der Waals surface area contributed by atoms with Crippen LogP contribution in [0, 0.1) is 6.08 Å². The number of methoxy groups -OCH3 is 1. The zero-order chi connectivity index (χ0) is 16.3. The number of halogens is 1. The van der Waals surface area contributed by atoms with E-state index in [1.54, 1.807) is 0 Å². The van der Waals surface area contributed by atoms with Gasteiger partial charge in [-0.25, -0.2) is 4.39 Å². The summed E-state index contributed by atoms with van der Waals surface area (Å²) in [5.41, 5.74) is 5.58. The number of imide groups is 1. The van der Waals surface area contributed by atoms with Gasteiger partial charge in [-0.3, -0.25) is 14.9 Å².